The Balaban J connectivity index is 0.000000217. The first-order valence-corrected chi connectivity index (χ1v) is 4.04. The fourth-order valence-corrected chi connectivity index (χ4v) is 0.372. The largest absolute Gasteiger partial charge is 0.435 e. The van der Waals surface area contributed by atoms with E-state index in [1.54, 1.807) is 12.4 Å². The summed E-state index contributed by atoms with van der Waals surface area (Å²) >= 11 is 0. The van der Waals surface area contributed by atoms with Crippen molar-refractivity contribution in [2.45, 2.75) is 0 Å². The molecule has 2 N–H and O–H groups in total. The van der Waals surface area contributed by atoms with Gasteiger partial charge in [-0.05, 0) is 0 Å². The van der Waals surface area contributed by atoms with Gasteiger partial charge in [-0.3, -0.25) is 9.35 Å². The van der Waals surface area contributed by atoms with Crippen LogP contribution < -0.4 is 5.43 Å². The average Bonchev–Trinajstić information content (AvgIpc) is 1.85. The Hall–Kier alpha value is -1.21. The van der Waals surface area contributed by atoms with Crippen LogP contribution in [0.15, 0.2) is 29.3 Å². The first-order valence-electron chi connectivity index (χ1n) is 2.70. The summed E-state index contributed by atoms with van der Waals surface area (Å²) in [7, 11) is -5.17. The maximum absolute atomic E-state index is 10.2. The molecule has 0 amide bonds. The first-order chi connectivity index (χ1) is 5.39. The zero-order valence-corrected chi connectivity index (χ0v) is 6.58. The van der Waals surface area contributed by atoms with Crippen LogP contribution in [0.3, 0.4) is 0 Å². The van der Waals surface area contributed by atoms with E-state index in [9.17, 15) is 8.68 Å². The lowest BCUT2D eigenvalue weighted by Gasteiger charge is -1.73. The first kappa shape index (κ1) is 10.8. The molecule has 0 fully saturated rings. The van der Waals surface area contributed by atoms with Crippen LogP contribution >= 0.6 is 0 Å². The molecule has 0 aliphatic carbocycles. The summed E-state index contributed by atoms with van der Waals surface area (Å²) in [5.41, 5.74) is 0.0405. The van der Waals surface area contributed by atoms with Crippen molar-refractivity contribution in [1.82, 2.24) is 4.98 Å². The van der Waals surface area contributed by atoms with Crippen molar-refractivity contribution in [2.75, 3.05) is 0 Å². The summed E-state index contributed by atoms with van der Waals surface area (Å²) < 4.78 is 34.1. The van der Waals surface area contributed by atoms with Crippen LogP contribution in [-0.2, 0) is 10.5 Å². The number of pyridine rings is 1. The van der Waals surface area contributed by atoms with E-state index < -0.39 is 10.5 Å². The SMILES string of the molecule is O=S(=O)(O)F.O=c1cc[nH]cc1. The number of nitrogens with one attached hydrogen (secondary N) is 1. The van der Waals surface area contributed by atoms with E-state index in [4.69, 9.17) is 13.0 Å². The summed E-state index contributed by atoms with van der Waals surface area (Å²) in [4.78, 5) is 13.0. The molecule has 0 saturated carbocycles. The van der Waals surface area contributed by atoms with Gasteiger partial charge in [0.2, 0.25) is 0 Å². The molecule has 7 heteroatoms. The van der Waals surface area contributed by atoms with Crippen LogP contribution in [0.1, 0.15) is 0 Å². The molecule has 5 nitrogen and oxygen atoms in total. The fourth-order valence-electron chi connectivity index (χ4n) is 0.372. The van der Waals surface area contributed by atoms with E-state index in [0.29, 0.717) is 0 Å². The van der Waals surface area contributed by atoms with Crippen LogP contribution in [0.4, 0.5) is 3.89 Å². The van der Waals surface area contributed by atoms with E-state index in [-0.39, 0.29) is 5.43 Å². The molecule has 0 atom stereocenters. The molecule has 68 valence electrons. The Morgan fingerprint density at radius 3 is 1.83 bits per heavy atom. The summed E-state index contributed by atoms with van der Waals surface area (Å²) in [6.45, 7) is 0. The number of H-pyrrole nitrogens is 1. The highest BCUT2D eigenvalue weighted by molar-refractivity contribution is 7.80. The number of aromatic nitrogens is 1. The lowest BCUT2D eigenvalue weighted by atomic mass is 10.5. The van der Waals surface area contributed by atoms with Gasteiger partial charge in [-0.1, -0.05) is 3.89 Å². The molecule has 1 aromatic rings. The molecule has 0 radical (unpaired) electrons. The van der Waals surface area contributed by atoms with Crippen LogP contribution in [0, 0.1) is 0 Å². The quantitative estimate of drug-likeness (QED) is 0.455. The minimum absolute atomic E-state index is 0.0405. The average molecular weight is 195 g/mol. The van der Waals surface area contributed by atoms with Crippen molar-refractivity contribution in [3.8, 4) is 0 Å². The second-order valence-corrected chi connectivity index (χ2v) is 2.47. The second-order valence-electron chi connectivity index (χ2n) is 1.65. The standard InChI is InChI=1S/C5H5NO.FHO3S/c7-5-1-3-6-4-2-5;1-5(2,3)4/h1-4H,(H,6,7);(H,2,3,4). The Bertz CT molecular complexity index is 346. The summed E-state index contributed by atoms with van der Waals surface area (Å²) in [6.07, 6.45) is 3.20. The highest BCUT2D eigenvalue weighted by Crippen LogP contribution is 1.74. The van der Waals surface area contributed by atoms with Crippen LogP contribution in [0.25, 0.3) is 0 Å². The van der Waals surface area contributed by atoms with Gasteiger partial charge in [0.1, 0.15) is 0 Å². The number of rotatable bonds is 0. The summed E-state index contributed by atoms with van der Waals surface area (Å²) in [5, 5.41) is 0. The molecule has 0 aromatic carbocycles. The predicted molar refractivity (Wildman–Crippen MR) is 39.7 cm³/mol. The van der Waals surface area contributed by atoms with Crippen molar-refractivity contribution >= 4 is 10.5 Å². The number of hydrogen-bond donors (Lipinski definition) is 2. The molecule has 0 bridgehead atoms. The lowest BCUT2D eigenvalue weighted by molar-refractivity contribution is 0.435. The molecule has 0 saturated heterocycles. The molecule has 0 spiro atoms. The maximum atomic E-state index is 10.2. The minimum atomic E-state index is -5.17. The van der Waals surface area contributed by atoms with E-state index in [0.717, 1.165) is 0 Å². The van der Waals surface area contributed by atoms with Crippen molar-refractivity contribution in [3.05, 3.63) is 34.7 Å². The maximum Gasteiger partial charge on any atom is 0.435 e. The van der Waals surface area contributed by atoms with Gasteiger partial charge in [0, 0.05) is 24.5 Å². The summed E-state index contributed by atoms with van der Waals surface area (Å²) in [5.74, 6) is 0. The Morgan fingerprint density at radius 1 is 1.33 bits per heavy atom. The molecular weight excluding hydrogens is 189 g/mol. The van der Waals surface area contributed by atoms with Crippen molar-refractivity contribution in [1.29, 1.82) is 0 Å². The van der Waals surface area contributed by atoms with Crippen molar-refractivity contribution < 1.29 is 16.9 Å². The van der Waals surface area contributed by atoms with E-state index in [2.05, 4.69) is 4.98 Å². The van der Waals surface area contributed by atoms with Crippen LogP contribution in [0.2, 0.25) is 0 Å². The predicted octanol–water partition coefficient (Wildman–Crippen LogP) is 0.134. The molecule has 1 aromatic heterocycles. The molecule has 0 unspecified atom stereocenters. The Kier molecular flexibility index (Phi) is 4.16. The molecular formula is C5H6FNO4S. The third-order valence-corrected chi connectivity index (χ3v) is 0.688. The van der Waals surface area contributed by atoms with Crippen molar-refractivity contribution in [3.63, 3.8) is 0 Å². The van der Waals surface area contributed by atoms with Gasteiger partial charge in [0.15, 0.2) is 5.43 Å². The van der Waals surface area contributed by atoms with E-state index in [1.165, 1.54) is 12.1 Å². The highest BCUT2D eigenvalue weighted by atomic mass is 32.3. The molecule has 0 aliphatic heterocycles. The van der Waals surface area contributed by atoms with E-state index in [1.807, 2.05) is 0 Å². The third kappa shape index (κ3) is 11.6. The molecule has 12 heavy (non-hydrogen) atoms. The normalized spacial score (nSPS) is 9.83. The zero-order chi connectivity index (χ0) is 9.61. The highest BCUT2D eigenvalue weighted by Gasteiger charge is 1.89. The van der Waals surface area contributed by atoms with Crippen LogP contribution in [-0.4, -0.2) is 18.0 Å². The molecule has 1 heterocycles. The van der Waals surface area contributed by atoms with Gasteiger partial charge < -0.3 is 4.98 Å². The minimum Gasteiger partial charge on any atom is -0.367 e. The summed E-state index contributed by atoms with van der Waals surface area (Å²) in [6, 6.07) is 2.94. The molecule has 1 rings (SSSR count). The number of halogens is 1. The van der Waals surface area contributed by atoms with Gasteiger partial charge in [-0.2, -0.15) is 8.42 Å². The topological polar surface area (TPSA) is 87.2 Å². The third-order valence-electron chi connectivity index (χ3n) is 0.688. The number of aromatic amines is 1. The lowest BCUT2D eigenvalue weighted by Crippen LogP contribution is -1.92. The monoisotopic (exact) mass is 195 g/mol. The Labute approximate surface area is 67.9 Å². The smallest absolute Gasteiger partial charge is 0.367 e. The van der Waals surface area contributed by atoms with E-state index >= 15 is 0 Å². The second kappa shape index (κ2) is 4.62. The van der Waals surface area contributed by atoms with Gasteiger partial charge in [-0.25, -0.2) is 0 Å². The zero-order valence-electron chi connectivity index (χ0n) is 5.77. The number of hydrogen-bond acceptors (Lipinski definition) is 3. The van der Waals surface area contributed by atoms with Gasteiger partial charge in [-0.15, -0.1) is 0 Å². The fraction of sp³-hybridized carbons (Fsp3) is 0. The van der Waals surface area contributed by atoms with Crippen LogP contribution in [0.5, 0.6) is 0 Å². The molecule has 0 aliphatic rings. The van der Waals surface area contributed by atoms with Gasteiger partial charge in [0.05, 0.1) is 0 Å². The Morgan fingerprint density at radius 2 is 1.67 bits per heavy atom. The van der Waals surface area contributed by atoms with Gasteiger partial charge >= 0.3 is 10.5 Å². The van der Waals surface area contributed by atoms with Gasteiger partial charge in [0.25, 0.3) is 0 Å². The van der Waals surface area contributed by atoms with Crippen molar-refractivity contribution in [2.24, 2.45) is 0 Å².